The van der Waals surface area contributed by atoms with Gasteiger partial charge in [0.05, 0.1) is 0 Å². The molecule has 0 aliphatic carbocycles. The van der Waals surface area contributed by atoms with E-state index in [0.717, 1.165) is 11.1 Å². The van der Waals surface area contributed by atoms with Crippen LogP contribution >= 0.6 is 0 Å². The van der Waals surface area contributed by atoms with Crippen LogP contribution in [0.15, 0.2) is 48.5 Å². The van der Waals surface area contributed by atoms with Gasteiger partial charge in [0.25, 0.3) is 0 Å². The number of amides is 2. The lowest BCUT2D eigenvalue weighted by Gasteiger charge is -2.07. The number of nitrogens with one attached hydrogen (secondary N) is 2. The average molecular weight is 310 g/mol. The molecule has 0 heterocycles. The third-order valence-electron chi connectivity index (χ3n) is 3.33. The molecule has 0 spiro atoms. The molecule has 23 heavy (non-hydrogen) atoms. The van der Waals surface area contributed by atoms with Crippen molar-refractivity contribution in [2.24, 2.45) is 0 Å². The number of carbonyl (C=O) groups excluding carboxylic acids is 3. The van der Waals surface area contributed by atoms with Crippen LogP contribution in [0, 0.1) is 6.92 Å². The second-order valence-electron chi connectivity index (χ2n) is 5.26. The summed E-state index contributed by atoms with van der Waals surface area (Å²) in [6.45, 7) is 3.73. The van der Waals surface area contributed by atoms with Crippen LogP contribution in [-0.2, 0) is 16.1 Å². The Morgan fingerprint density at radius 1 is 0.870 bits per heavy atom. The maximum atomic E-state index is 11.8. The van der Waals surface area contributed by atoms with Crippen LogP contribution in [0.5, 0.6) is 0 Å². The van der Waals surface area contributed by atoms with Crippen molar-refractivity contribution < 1.29 is 14.4 Å². The first-order valence-corrected chi connectivity index (χ1v) is 7.21. The van der Waals surface area contributed by atoms with Gasteiger partial charge in [-0.15, -0.1) is 0 Å². The van der Waals surface area contributed by atoms with Crippen LogP contribution in [0.4, 0.5) is 5.69 Å². The first-order valence-electron chi connectivity index (χ1n) is 7.21. The molecule has 0 unspecified atom stereocenters. The summed E-state index contributed by atoms with van der Waals surface area (Å²) in [5.41, 5.74) is 3.06. The van der Waals surface area contributed by atoms with E-state index < -0.39 is 11.8 Å². The standard InChI is InChI=1S/C18H18N2O3/c1-12-3-5-14(6-4-12)11-19-17(22)18(23)20-16-9-7-15(8-10-16)13(2)21/h3-10H,11H2,1-2H3,(H,19,22)(H,20,23). The Morgan fingerprint density at radius 3 is 2.04 bits per heavy atom. The van der Waals surface area contributed by atoms with Crippen LogP contribution < -0.4 is 10.6 Å². The molecular weight excluding hydrogens is 292 g/mol. The highest BCUT2D eigenvalue weighted by Gasteiger charge is 2.13. The number of benzene rings is 2. The minimum absolute atomic E-state index is 0.0567. The molecular formula is C18H18N2O3. The van der Waals surface area contributed by atoms with E-state index >= 15 is 0 Å². The summed E-state index contributed by atoms with van der Waals surface area (Å²) < 4.78 is 0. The van der Waals surface area contributed by atoms with Crippen molar-refractivity contribution in [2.45, 2.75) is 20.4 Å². The fourth-order valence-corrected chi connectivity index (χ4v) is 1.94. The molecule has 2 aromatic rings. The molecule has 2 rings (SSSR count). The molecule has 0 atom stereocenters. The maximum Gasteiger partial charge on any atom is 0.313 e. The Balaban J connectivity index is 1.88. The molecule has 5 nitrogen and oxygen atoms in total. The van der Waals surface area contributed by atoms with E-state index in [0.29, 0.717) is 11.3 Å². The molecule has 0 aliphatic heterocycles. The smallest absolute Gasteiger partial charge is 0.313 e. The Morgan fingerprint density at radius 2 is 1.48 bits per heavy atom. The summed E-state index contributed by atoms with van der Waals surface area (Å²) in [5.74, 6) is -1.51. The normalized spacial score (nSPS) is 10.0. The molecule has 0 saturated heterocycles. The van der Waals surface area contributed by atoms with Gasteiger partial charge < -0.3 is 10.6 Å². The number of hydrogen-bond acceptors (Lipinski definition) is 3. The third kappa shape index (κ3) is 4.78. The molecule has 0 bridgehead atoms. The highest BCUT2D eigenvalue weighted by atomic mass is 16.2. The van der Waals surface area contributed by atoms with Crippen LogP contribution in [-0.4, -0.2) is 17.6 Å². The Kier molecular flexibility index (Phi) is 5.25. The molecule has 0 aliphatic rings. The van der Waals surface area contributed by atoms with E-state index in [1.54, 1.807) is 24.3 Å². The van der Waals surface area contributed by atoms with Crippen molar-refractivity contribution in [3.8, 4) is 0 Å². The van der Waals surface area contributed by atoms with E-state index in [4.69, 9.17) is 0 Å². The van der Waals surface area contributed by atoms with Gasteiger partial charge in [0, 0.05) is 17.8 Å². The summed E-state index contributed by atoms with van der Waals surface area (Å²) >= 11 is 0. The van der Waals surface area contributed by atoms with Gasteiger partial charge in [-0.2, -0.15) is 0 Å². The highest BCUT2D eigenvalue weighted by Crippen LogP contribution is 2.10. The van der Waals surface area contributed by atoms with Gasteiger partial charge in [0.15, 0.2) is 5.78 Å². The predicted octanol–water partition coefficient (Wildman–Crippen LogP) is 2.45. The number of hydrogen-bond donors (Lipinski definition) is 2. The second-order valence-corrected chi connectivity index (χ2v) is 5.26. The highest BCUT2D eigenvalue weighted by molar-refractivity contribution is 6.39. The molecule has 2 N–H and O–H groups in total. The van der Waals surface area contributed by atoms with E-state index in [1.807, 2.05) is 31.2 Å². The van der Waals surface area contributed by atoms with Crippen molar-refractivity contribution >= 4 is 23.3 Å². The number of rotatable bonds is 4. The van der Waals surface area contributed by atoms with Gasteiger partial charge in [0.2, 0.25) is 0 Å². The summed E-state index contributed by atoms with van der Waals surface area (Å²) in [6, 6.07) is 14.0. The average Bonchev–Trinajstić information content (AvgIpc) is 2.54. The number of anilines is 1. The quantitative estimate of drug-likeness (QED) is 0.673. The van der Waals surface area contributed by atoms with Gasteiger partial charge in [-0.05, 0) is 43.7 Å². The summed E-state index contributed by atoms with van der Waals surface area (Å²) in [6.07, 6.45) is 0. The lowest BCUT2D eigenvalue weighted by atomic mass is 10.1. The molecule has 2 amide bonds. The molecule has 118 valence electrons. The fourth-order valence-electron chi connectivity index (χ4n) is 1.94. The zero-order valence-corrected chi connectivity index (χ0v) is 13.1. The van der Waals surface area contributed by atoms with Crippen molar-refractivity contribution in [2.75, 3.05) is 5.32 Å². The molecule has 0 fully saturated rings. The topological polar surface area (TPSA) is 75.3 Å². The van der Waals surface area contributed by atoms with Gasteiger partial charge >= 0.3 is 11.8 Å². The summed E-state index contributed by atoms with van der Waals surface area (Å²) in [4.78, 5) is 34.8. The Bertz CT molecular complexity index is 719. The Hall–Kier alpha value is -2.95. The van der Waals surface area contributed by atoms with E-state index in [-0.39, 0.29) is 12.3 Å². The second kappa shape index (κ2) is 7.35. The number of ketones is 1. The van der Waals surface area contributed by atoms with E-state index in [9.17, 15) is 14.4 Å². The number of Topliss-reactive ketones (excluding diaryl/α,β-unsaturated/α-hetero) is 1. The van der Waals surface area contributed by atoms with Gasteiger partial charge in [-0.1, -0.05) is 29.8 Å². The maximum absolute atomic E-state index is 11.8. The molecule has 5 heteroatoms. The van der Waals surface area contributed by atoms with E-state index in [1.165, 1.54) is 6.92 Å². The number of carbonyl (C=O) groups is 3. The minimum atomic E-state index is -0.743. The lowest BCUT2D eigenvalue weighted by Crippen LogP contribution is -2.34. The SMILES string of the molecule is CC(=O)c1ccc(NC(=O)C(=O)NCc2ccc(C)cc2)cc1. The lowest BCUT2D eigenvalue weighted by molar-refractivity contribution is -0.136. The first-order chi connectivity index (χ1) is 11.0. The molecule has 0 radical (unpaired) electrons. The number of aryl methyl sites for hydroxylation is 1. The fraction of sp³-hybridized carbons (Fsp3) is 0.167. The molecule has 2 aromatic carbocycles. The van der Waals surface area contributed by atoms with Crippen molar-refractivity contribution in [1.29, 1.82) is 0 Å². The molecule has 0 saturated carbocycles. The molecule has 0 aromatic heterocycles. The van der Waals surface area contributed by atoms with Crippen LogP contribution in [0.25, 0.3) is 0 Å². The predicted molar refractivity (Wildman–Crippen MR) is 88.1 cm³/mol. The summed E-state index contributed by atoms with van der Waals surface area (Å²) in [7, 11) is 0. The largest absolute Gasteiger partial charge is 0.344 e. The third-order valence-corrected chi connectivity index (χ3v) is 3.33. The van der Waals surface area contributed by atoms with Crippen molar-refractivity contribution in [1.82, 2.24) is 5.32 Å². The van der Waals surface area contributed by atoms with Crippen LogP contribution in [0.2, 0.25) is 0 Å². The first kappa shape index (κ1) is 16.4. The van der Waals surface area contributed by atoms with Gasteiger partial charge in [-0.25, -0.2) is 0 Å². The van der Waals surface area contributed by atoms with Crippen molar-refractivity contribution in [3.63, 3.8) is 0 Å². The minimum Gasteiger partial charge on any atom is -0.344 e. The van der Waals surface area contributed by atoms with Crippen molar-refractivity contribution in [3.05, 3.63) is 65.2 Å². The van der Waals surface area contributed by atoms with Crippen LogP contribution in [0.1, 0.15) is 28.4 Å². The van der Waals surface area contributed by atoms with E-state index in [2.05, 4.69) is 10.6 Å². The Labute approximate surface area is 134 Å². The monoisotopic (exact) mass is 310 g/mol. The van der Waals surface area contributed by atoms with Gasteiger partial charge in [-0.3, -0.25) is 14.4 Å². The zero-order chi connectivity index (χ0) is 16.8. The summed E-state index contributed by atoms with van der Waals surface area (Å²) in [5, 5.41) is 5.05. The van der Waals surface area contributed by atoms with Gasteiger partial charge in [0.1, 0.15) is 0 Å². The van der Waals surface area contributed by atoms with Crippen LogP contribution in [0.3, 0.4) is 0 Å². The zero-order valence-electron chi connectivity index (χ0n) is 13.1.